The van der Waals surface area contributed by atoms with Crippen LogP contribution in [0.2, 0.25) is 5.02 Å². The second kappa shape index (κ2) is 9.26. The number of aromatic amines is 1. The van der Waals surface area contributed by atoms with Crippen LogP contribution in [0.5, 0.6) is 0 Å². The smallest absolute Gasteiger partial charge is 0.331 e. The van der Waals surface area contributed by atoms with Gasteiger partial charge < -0.3 is 10.1 Å². The Balaban J connectivity index is 1.79. The molecule has 0 aliphatic carbocycles. The summed E-state index contributed by atoms with van der Waals surface area (Å²) < 4.78 is 3.01. The van der Waals surface area contributed by atoms with Gasteiger partial charge in [0.05, 0.1) is 24.0 Å². The summed E-state index contributed by atoms with van der Waals surface area (Å²) in [6, 6.07) is 14.9. The summed E-state index contributed by atoms with van der Waals surface area (Å²) in [7, 11) is 0. The van der Waals surface area contributed by atoms with Crippen molar-refractivity contribution in [1.29, 1.82) is 5.26 Å². The molecule has 0 radical (unpaired) electrons. The molecule has 0 spiro atoms. The van der Waals surface area contributed by atoms with Crippen molar-refractivity contribution in [2.75, 3.05) is 0 Å². The number of carbonyl (C=O) groups is 1. The summed E-state index contributed by atoms with van der Waals surface area (Å²) >= 11 is 6.07. The predicted molar refractivity (Wildman–Crippen MR) is 142 cm³/mol. The van der Waals surface area contributed by atoms with Crippen LogP contribution in [0, 0.1) is 25.2 Å². The van der Waals surface area contributed by atoms with Crippen molar-refractivity contribution in [3.63, 3.8) is 0 Å². The van der Waals surface area contributed by atoms with Gasteiger partial charge in [0, 0.05) is 27.7 Å². The zero-order valence-corrected chi connectivity index (χ0v) is 21.2. The highest BCUT2D eigenvalue weighted by Crippen LogP contribution is 2.33. The third-order valence-electron chi connectivity index (χ3n) is 6.79. The number of H-pyrrole nitrogens is 1. The molecule has 2 aromatic carbocycles. The molecule has 0 amide bonds. The zero-order chi connectivity index (χ0) is 26.4. The van der Waals surface area contributed by atoms with E-state index in [1.165, 1.54) is 4.57 Å². The Hall–Kier alpha value is -4.35. The van der Waals surface area contributed by atoms with Crippen molar-refractivity contribution in [3.8, 4) is 6.07 Å². The minimum Gasteiger partial charge on any atom is -0.481 e. The number of aromatic nitrogens is 4. The Bertz CT molecular complexity index is 1770. The van der Waals surface area contributed by atoms with Gasteiger partial charge in [0.25, 0.3) is 0 Å². The number of carboxylic acid groups (broad SMARTS) is 1. The van der Waals surface area contributed by atoms with Crippen molar-refractivity contribution in [1.82, 2.24) is 19.1 Å². The molecular formula is C28H24ClN5O3. The first-order chi connectivity index (χ1) is 17.7. The molecular weight excluding hydrogens is 490 g/mol. The predicted octanol–water partition coefficient (Wildman–Crippen LogP) is 5.49. The van der Waals surface area contributed by atoms with E-state index in [-0.39, 0.29) is 17.8 Å². The van der Waals surface area contributed by atoms with Gasteiger partial charge in [-0.3, -0.25) is 13.9 Å². The van der Waals surface area contributed by atoms with Crippen LogP contribution in [-0.2, 0) is 4.79 Å². The van der Waals surface area contributed by atoms with Gasteiger partial charge in [-0.25, -0.2) is 9.78 Å². The number of hydrogen-bond acceptors (Lipinski definition) is 4. The molecule has 1 unspecified atom stereocenters. The molecule has 9 heteroatoms. The third-order valence-corrected chi connectivity index (χ3v) is 7.04. The average Bonchev–Trinajstić information content (AvgIpc) is 3.40. The molecule has 37 heavy (non-hydrogen) atoms. The van der Waals surface area contributed by atoms with E-state index in [9.17, 15) is 20.0 Å². The van der Waals surface area contributed by atoms with Gasteiger partial charge in [0.15, 0.2) is 5.65 Å². The van der Waals surface area contributed by atoms with Crippen LogP contribution in [0.25, 0.3) is 22.1 Å². The van der Waals surface area contributed by atoms with E-state index in [1.54, 1.807) is 41.0 Å². The van der Waals surface area contributed by atoms with E-state index >= 15 is 0 Å². The van der Waals surface area contributed by atoms with Crippen LogP contribution in [0.15, 0.2) is 59.5 Å². The molecule has 0 aliphatic rings. The van der Waals surface area contributed by atoms with Crippen LogP contribution in [0.3, 0.4) is 0 Å². The van der Waals surface area contributed by atoms with Crippen LogP contribution in [0.1, 0.15) is 53.4 Å². The zero-order valence-electron chi connectivity index (χ0n) is 20.5. The number of hydrogen-bond donors (Lipinski definition) is 2. The van der Waals surface area contributed by atoms with E-state index in [4.69, 9.17) is 11.6 Å². The highest BCUT2D eigenvalue weighted by Gasteiger charge is 2.28. The first kappa shape index (κ1) is 24.3. The maximum Gasteiger partial charge on any atom is 0.331 e. The fourth-order valence-electron chi connectivity index (χ4n) is 5.20. The molecule has 3 aromatic heterocycles. The fourth-order valence-corrected chi connectivity index (χ4v) is 5.33. The van der Waals surface area contributed by atoms with Crippen molar-refractivity contribution >= 4 is 39.6 Å². The summed E-state index contributed by atoms with van der Waals surface area (Å²) in [5, 5.41) is 20.8. The number of halogens is 1. The van der Waals surface area contributed by atoms with Crippen molar-refractivity contribution in [2.45, 2.75) is 39.3 Å². The van der Waals surface area contributed by atoms with Gasteiger partial charge in [-0.1, -0.05) is 29.8 Å². The fraction of sp³-hybridized carbons (Fsp3) is 0.214. The van der Waals surface area contributed by atoms with E-state index in [0.717, 1.165) is 27.6 Å². The second-order valence-electron chi connectivity index (χ2n) is 9.26. The number of aryl methyl sites for hydroxylation is 2. The summed E-state index contributed by atoms with van der Waals surface area (Å²) in [5.41, 5.74) is 5.22. The highest BCUT2D eigenvalue weighted by atomic mass is 35.5. The number of nitrogens with one attached hydrogen (secondary N) is 1. The molecule has 5 rings (SSSR count). The Labute approximate surface area is 217 Å². The number of carboxylic acids is 1. The molecule has 0 saturated heterocycles. The van der Waals surface area contributed by atoms with Crippen molar-refractivity contribution < 1.29 is 9.90 Å². The first-order valence-corrected chi connectivity index (χ1v) is 12.2. The lowest BCUT2D eigenvalue weighted by Crippen LogP contribution is -2.31. The number of nitrogens with zero attached hydrogens (tertiary/aromatic N) is 4. The minimum atomic E-state index is -1.07. The molecule has 8 nitrogen and oxygen atoms in total. The number of benzene rings is 2. The summed E-state index contributed by atoms with van der Waals surface area (Å²) in [5.74, 6) is -1.07. The van der Waals surface area contributed by atoms with E-state index in [2.05, 4.69) is 22.1 Å². The van der Waals surface area contributed by atoms with Crippen molar-refractivity contribution in [3.05, 3.63) is 98.2 Å². The monoisotopic (exact) mass is 513 g/mol. The topological polar surface area (TPSA) is 117 Å². The number of nitriles is 1. The van der Waals surface area contributed by atoms with Gasteiger partial charge in [0.1, 0.15) is 11.8 Å². The second-order valence-corrected chi connectivity index (χ2v) is 9.70. The SMILES string of the molecule is Cc1cc(C)c2c(C(C)n3c(=O)n([C@H](CC(=O)O)c4ccc(Cl)cc4)c4nc(C#N)ccc43)c[nH]c2c1. The Morgan fingerprint density at radius 3 is 2.57 bits per heavy atom. The third kappa shape index (κ3) is 4.17. The maximum atomic E-state index is 14.1. The lowest BCUT2D eigenvalue weighted by Gasteiger charge is -2.18. The van der Waals surface area contributed by atoms with E-state index in [1.807, 2.05) is 33.0 Å². The first-order valence-electron chi connectivity index (χ1n) is 11.8. The van der Waals surface area contributed by atoms with Gasteiger partial charge in [-0.05, 0) is 67.8 Å². The summed E-state index contributed by atoms with van der Waals surface area (Å²) in [6.07, 6.45) is 1.56. The number of rotatable bonds is 6. The lowest BCUT2D eigenvalue weighted by molar-refractivity contribution is -0.137. The van der Waals surface area contributed by atoms with Crippen LogP contribution < -0.4 is 5.69 Å². The number of fused-ring (bicyclic) bond motifs is 2. The van der Waals surface area contributed by atoms with Gasteiger partial charge in [0.2, 0.25) is 0 Å². The minimum absolute atomic E-state index is 0.134. The average molecular weight is 514 g/mol. The molecule has 5 aromatic rings. The molecule has 0 aliphatic heterocycles. The molecule has 2 N–H and O–H groups in total. The van der Waals surface area contributed by atoms with Gasteiger partial charge in [-0.2, -0.15) is 5.26 Å². The number of imidazole rings is 1. The Morgan fingerprint density at radius 1 is 1.16 bits per heavy atom. The normalized spacial score (nSPS) is 13.1. The van der Waals surface area contributed by atoms with Crippen LogP contribution in [-0.4, -0.2) is 30.2 Å². The number of pyridine rings is 1. The summed E-state index contributed by atoms with van der Waals surface area (Å²) in [6.45, 7) is 6.00. The van der Waals surface area contributed by atoms with Crippen molar-refractivity contribution in [2.24, 2.45) is 0 Å². The molecule has 186 valence electrons. The van der Waals surface area contributed by atoms with Gasteiger partial charge in [-0.15, -0.1) is 0 Å². The Morgan fingerprint density at radius 2 is 1.89 bits per heavy atom. The number of aliphatic carboxylic acids is 1. The molecule has 2 atom stereocenters. The molecule has 0 saturated carbocycles. The van der Waals surface area contributed by atoms with E-state index in [0.29, 0.717) is 16.1 Å². The quantitative estimate of drug-likeness (QED) is 0.311. The Kier molecular flexibility index (Phi) is 6.10. The summed E-state index contributed by atoms with van der Waals surface area (Å²) in [4.78, 5) is 33.8. The lowest BCUT2D eigenvalue weighted by atomic mass is 10.0. The standard InChI is InChI=1S/C28H24ClN5O3/c1-15-10-16(2)26-21(14-31-22(26)11-15)17(3)33-23-9-8-20(13-30)32-27(23)34(28(33)37)24(12-25(35)36)18-4-6-19(29)7-5-18/h4-11,14,17,24,31H,12H2,1-3H3,(H,35,36)/t17?,24-/m1/s1. The molecule has 0 fully saturated rings. The largest absolute Gasteiger partial charge is 0.481 e. The van der Waals surface area contributed by atoms with Crippen LogP contribution >= 0.6 is 11.6 Å². The van der Waals surface area contributed by atoms with E-state index < -0.39 is 23.7 Å². The maximum absolute atomic E-state index is 14.1. The highest BCUT2D eigenvalue weighted by molar-refractivity contribution is 6.30. The molecule has 3 heterocycles. The van der Waals surface area contributed by atoms with Gasteiger partial charge >= 0.3 is 11.7 Å². The van der Waals surface area contributed by atoms with Crippen LogP contribution in [0.4, 0.5) is 0 Å². The molecule has 0 bridgehead atoms.